The molecule has 5 amide bonds. The molecule has 0 bridgehead atoms. The second-order valence-corrected chi connectivity index (χ2v) is 21.6. The van der Waals surface area contributed by atoms with E-state index in [0.717, 1.165) is 85.9 Å². The first kappa shape index (κ1) is 55.8. The third-order valence-electron chi connectivity index (χ3n) is 14.1. The Balaban J connectivity index is 0.638. The summed E-state index contributed by atoms with van der Waals surface area (Å²) in [6.07, 6.45) is 13.0. The van der Waals surface area contributed by atoms with Gasteiger partial charge >= 0.3 is 0 Å². The lowest BCUT2D eigenvalue weighted by molar-refractivity contribution is -0.131. The van der Waals surface area contributed by atoms with E-state index in [0.29, 0.717) is 67.1 Å². The van der Waals surface area contributed by atoms with E-state index in [4.69, 9.17) is 10.7 Å². The van der Waals surface area contributed by atoms with Gasteiger partial charge in [0.25, 0.3) is 17.4 Å². The number of carbonyl (C=O) groups excluding carboxylic acids is 5. The number of hydrogen-bond acceptors (Lipinski definition) is 14. The Morgan fingerprint density at radius 2 is 1.54 bits per heavy atom. The number of thioether (sulfide) groups is 1. The number of unbranched alkanes of at least 4 members (excludes halogenated alkanes) is 8. The van der Waals surface area contributed by atoms with Crippen LogP contribution in [-0.2, 0) is 32.3 Å². The van der Waals surface area contributed by atoms with Gasteiger partial charge in [-0.2, -0.15) is 4.98 Å². The highest BCUT2D eigenvalue weighted by Gasteiger charge is 2.38. The van der Waals surface area contributed by atoms with Crippen LogP contribution < -0.4 is 32.1 Å². The number of aromatic nitrogens is 6. The van der Waals surface area contributed by atoms with Crippen molar-refractivity contribution in [2.45, 2.75) is 101 Å². The van der Waals surface area contributed by atoms with Gasteiger partial charge in [0.15, 0.2) is 21.5 Å². The zero-order valence-corrected chi connectivity index (χ0v) is 45.6. The van der Waals surface area contributed by atoms with Crippen LogP contribution in [-0.4, -0.2) is 113 Å². The summed E-state index contributed by atoms with van der Waals surface area (Å²) in [5, 5.41) is 11.2. The van der Waals surface area contributed by atoms with Gasteiger partial charge < -0.3 is 31.1 Å². The molecule has 2 atom stereocenters. The Morgan fingerprint density at radius 1 is 0.823 bits per heavy atom. The predicted octanol–water partition coefficient (Wildman–Crippen LogP) is 7.71. The van der Waals surface area contributed by atoms with Crippen molar-refractivity contribution in [2.24, 2.45) is 0 Å². The number of nitrogen functional groups attached to an aromatic ring is 1. The molecule has 1 fully saturated rings. The molecular formula is C57H64FN13O6S2. The lowest BCUT2D eigenvalue weighted by Gasteiger charge is -2.35. The van der Waals surface area contributed by atoms with E-state index in [-0.39, 0.29) is 64.8 Å². The van der Waals surface area contributed by atoms with E-state index in [1.54, 1.807) is 33.2 Å². The SMILES string of the molecule is CC(=O)N[C@@H](CSc1nc2c(=O)[nH]c(N)nc2n1Cc1ccc(F)cc1)C(=O)NCCCCCCCCCCCC(=O)N1CCN(c2ccc(-c3ccc4c(c3)C(=O)N(C(C(=O)Nc3nccs3)c3ccccc3)C4)cn2)CC1. The van der Waals surface area contributed by atoms with Crippen molar-refractivity contribution in [3.8, 4) is 11.1 Å². The molecule has 1 unspecified atom stereocenters. The number of halogens is 1. The van der Waals surface area contributed by atoms with Gasteiger partial charge in [0.2, 0.25) is 23.7 Å². The number of imidazole rings is 1. The average molecular weight is 1110 g/mol. The van der Waals surface area contributed by atoms with Crippen LogP contribution in [0.5, 0.6) is 0 Å². The van der Waals surface area contributed by atoms with Crippen molar-refractivity contribution in [3.63, 3.8) is 0 Å². The molecule has 0 spiro atoms. The van der Waals surface area contributed by atoms with Crippen molar-refractivity contribution >= 4 is 80.7 Å². The molecule has 7 aromatic rings. The number of carbonyl (C=O) groups is 5. The summed E-state index contributed by atoms with van der Waals surface area (Å²) in [4.78, 5) is 105. The van der Waals surface area contributed by atoms with Crippen LogP contribution in [0.15, 0.2) is 113 Å². The first-order valence-corrected chi connectivity index (χ1v) is 28.6. The Morgan fingerprint density at radius 3 is 2.24 bits per heavy atom. The highest BCUT2D eigenvalue weighted by molar-refractivity contribution is 7.99. The van der Waals surface area contributed by atoms with Crippen molar-refractivity contribution in [1.29, 1.82) is 0 Å². The summed E-state index contributed by atoms with van der Waals surface area (Å²) in [5.74, 6) is -0.506. The lowest BCUT2D eigenvalue weighted by Crippen LogP contribution is -2.49. The monoisotopic (exact) mass is 1110 g/mol. The number of piperazine rings is 1. The summed E-state index contributed by atoms with van der Waals surface area (Å²) in [6.45, 7) is 5.00. The maximum Gasteiger partial charge on any atom is 0.280 e. The molecule has 22 heteroatoms. The van der Waals surface area contributed by atoms with Crippen LogP contribution in [0.25, 0.3) is 22.3 Å². The molecule has 6 heterocycles. The molecule has 412 valence electrons. The standard InChI is InChI=1S/C57H64FN13O6S2/c1-37(72)63-45(36-79-57-64-48-50(65-55(59)66-52(48)75)71(57)34-38-17-22-43(58)23-18-38)51(74)60-25-13-8-6-4-2-3-5-7-12-16-47(73)69-29-27-68(28-30-69)46-24-21-41(33-62-46)40-19-20-42-35-70(54(77)44(42)32-40)49(39-14-10-9-11-15-39)53(76)67-56-61-26-31-78-56/h9-11,14-15,17-24,26,31-33,45,49H,2-8,12-13,16,25,27-30,34-36H2,1H3,(H,60,74)(H,63,72)(H,61,67,76)(H3,59,65,66,75)/t45-,49?/m0/s1. The number of H-pyrrole nitrogens is 1. The molecule has 19 nitrogen and oxygen atoms in total. The molecule has 1 saturated heterocycles. The largest absolute Gasteiger partial charge is 0.369 e. The number of rotatable bonds is 25. The number of aromatic amines is 1. The number of anilines is 3. The molecule has 9 rings (SSSR count). The van der Waals surface area contributed by atoms with Gasteiger partial charge in [-0.3, -0.25) is 43.6 Å². The third-order valence-corrected chi connectivity index (χ3v) is 15.9. The first-order valence-electron chi connectivity index (χ1n) is 26.7. The molecule has 0 radical (unpaired) electrons. The number of amides is 5. The van der Waals surface area contributed by atoms with Gasteiger partial charge in [-0.25, -0.2) is 19.3 Å². The maximum absolute atomic E-state index is 14.0. The molecule has 0 aliphatic carbocycles. The number of hydrogen-bond donors (Lipinski definition) is 5. The fourth-order valence-electron chi connectivity index (χ4n) is 9.96. The molecular weight excluding hydrogens is 1050 g/mol. The zero-order chi connectivity index (χ0) is 55.3. The highest BCUT2D eigenvalue weighted by Crippen LogP contribution is 2.35. The highest BCUT2D eigenvalue weighted by atomic mass is 32.2. The van der Waals surface area contributed by atoms with Crippen molar-refractivity contribution in [2.75, 3.05) is 54.4 Å². The van der Waals surface area contributed by atoms with Crippen LogP contribution in [0.4, 0.5) is 21.3 Å². The molecule has 4 aromatic heterocycles. The summed E-state index contributed by atoms with van der Waals surface area (Å²) >= 11 is 2.51. The number of thiazole rings is 1. The number of benzene rings is 3. The Labute approximate surface area is 465 Å². The fourth-order valence-corrected chi connectivity index (χ4v) is 11.5. The Hall–Kier alpha value is -7.98. The first-order chi connectivity index (χ1) is 38.4. The van der Waals surface area contributed by atoms with Gasteiger partial charge in [0.05, 0.1) is 6.54 Å². The van der Waals surface area contributed by atoms with Gasteiger partial charge in [-0.1, -0.05) is 111 Å². The minimum atomic E-state index is -0.860. The number of nitrogens with two attached hydrogens (primary N) is 1. The lowest BCUT2D eigenvalue weighted by atomic mass is 10.0. The van der Waals surface area contributed by atoms with Gasteiger partial charge in [0, 0.05) is 87.3 Å². The van der Waals surface area contributed by atoms with E-state index < -0.39 is 17.6 Å². The molecule has 79 heavy (non-hydrogen) atoms. The normalized spacial score (nSPS) is 14.1. The van der Waals surface area contributed by atoms with Crippen LogP contribution in [0.2, 0.25) is 0 Å². The second-order valence-electron chi connectivity index (χ2n) is 19.7. The molecule has 6 N–H and O–H groups in total. The molecule has 2 aliphatic heterocycles. The van der Waals surface area contributed by atoms with Crippen LogP contribution in [0.1, 0.15) is 104 Å². The summed E-state index contributed by atoms with van der Waals surface area (Å²) < 4.78 is 15.3. The number of nitrogens with zero attached hydrogens (tertiary/aromatic N) is 8. The molecule has 0 saturated carbocycles. The van der Waals surface area contributed by atoms with Crippen molar-refractivity contribution in [1.82, 2.24) is 49.9 Å². The Bertz CT molecular complexity index is 3300. The molecule has 3 aromatic carbocycles. The summed E-state index contributed by atoms with van der Waals surface area (Å²) in [5.41, 5.74) is 10.3. The van der Waals surface area contributed by atoms with Crippen LogP contribution in [0.3, 0.4) is 0 Å². The van der Waals surface area contributed by atoms with E-state index in [1.165, 1.54) is 42.2 Å². The van der Waals surface area contributed by atoms with Gasteiger partial charge in [-0.05, 0) is 65.4 Å². The van der Waals surface area contributed by atoms with E-state index >= 15 is 0 Å². The molecule has 2 aliphatic rings. The van der Waals surface area contributed by atoms with Crippen molar-refractivity contribution < 1.29 is 28.4 Å². The predicted molar refractivity (Wildman–Crippen MR) is 304 cm³/mol. The zero-order valence-electron chi connectivity index (χ0n) is 44.0. The minimum absolute atomic E-state index is 0.0742. The fraction of sp³-hybridized carbons (Fsp3) is 0.368. The van der Waals surface area contributed by atoms with E-state index in [1.807, 2.05) is 71.8 Å². The quantitative estimate of drug-likeness (QED) is 0.0272. The number of pyridine rings is 1. The average Bonchev–Trinajstić information content (AvgIpc) is 4.30. The third kappa shape index (κ3) is 14.4. The minimum Gasteiger partial charge on any atom is -0.369 e. The van der Waals surface area contributed by atoms with Gasteiger partial charge in [-0.15, -0.1) is 11.3 Å². The number of fused-ring (bicyclic) bond motifs is 2. The van der Waals surface area contributed by atoms with E-state index in [9.17, 15) is 33.2 Å². The summed E-state index contributed by atoms with van der Waals surface area (Å²) in [7, 11) is 0. The van der Waals surface area contributed by atoms with Crippen LogP contribution in [0, 0.1) is 5.82 Å². The van der Waals surface area contributed by atoms with Crippen molar-refractivity contribution in [3.05, 3.63) is 141 Å². The van der Waals surface area contributed by atoms with Gasteiger partial charge in [0.1, 0.15) is 23.7 Å². The maximum atomic E-state index is 14.0. The summed E-state index contributed by atoms with van der Waals surface area (Å²) in [6, 6.07) is 23.4. The Kier molecular flexibility index (Phi) is 18.8. The van der Waals surface area contributed by atoms with Crippen LogP contribution >= 0.6 is 23.1 Å². The van der Waals surface area contributed by atoms with E-state index in [2.05, 4.69) is 40.8 Å². The smallest absolute Gasteiger partial charge is 0.280 e. The number of nitrogens with one attached hydrogen (secondary N) is 4. The topological polar surface area (TPSA) is 247 Å². The second kappa shape index (κ2) is 26.6.